The minimum atomic E-state index is -0.642. The van der Waals surface area contributed by atoms with E-state index < -0.39 is 5.92 Å². The summed E-state index contributed by atoms with van der Waals surface area (Å²) in [5.41, 5.74) is 4.74. The molecular formula is C31H14Cl8O. The molecule has 1 aromatic heterocycles. The summed E-state index contributed by atoms with van der Waals surface area (Å²) in [6, 6.07) is 23.8. The van der Waals surface area contributed by atoms with Crippen LogP contribution >= 0.6 is 92.8 Å². The van der Waals surface area contributed by atoms with E-state index in [-0.39, 0.29) is 0 Å². The van der Waals surface area contributed by atoms with E-state index in [2.05, 4.69) is 0 Å². The normalized spacial score (nSPS) is 11.7. The maximum absolute atomic E-state index is 6.94. The highest BCUT2D eigenvalue weighted by Gasteiger charge is 2.29. The lowest BCUT2D eigenvalue weighted by atomic mass is 9.84. The third kappa shape index (κ3) is 5.06. The minimum Gasteiger partial charge on any atom is -0.456 e. The van der Waals surface area contributed by atoms with Crippen LogP contribution in [-0.2, 0) is 0 Å². The van der Waals surface area contributed by atoms with E-state index in [4.69, 9.17) is 97.2 Å². The van der Waals surface area contributed by atoms with E-state index in [1.54, 1.807) is 36.4 Å². The number of benzene rings is 5. The summed E-state index contributed by atoms with van der Waals surface area (Å²) in [6.07, 6.45) is 0. The largest absolute Gasteiger partial charge is 0.456 e. The van der Waals surface area contributed by atoms with Gasteiger partial charge in [0, 0.05) is 63.5 Å². The van der Waals surface area contributed by atoms with Gasteiger partial charge in [0.15, 0.2) is 0 Å². The molecule has 6 rings (SSSR count). The van der Waals surface area contributed by atoms with E-state index in [0.717, 1.165) is 27.5 Å². The first-order valence-electron chi connectivity index (χ1n) is 11.8. The highest BCUT2D eigenvalue weighted by molar-refractivity contribution is 6.42. The number of para-hydroxylation sites is 1. The fourth-order valence-electron chi connectivity index (χ4n) is 5.05. The molecule has 0 aliphatic carbocycles. The molecule has 40 heavy (non-hydrogen) atoms. The van der Waals surface area contributed by atoms with Crippen LogP contribution in [-0.4, -0.2) is 0 Å². The molecular weight excluding hydrogens is 672 g/mol. The number of hydrogen-bond donors (Lipinski definition) is 0. The van der Waals surface area contributed by atoms with Crippen molar-refractivity contribution in [1.29, 1.82) is 0 Å². The predicted octanol–water partition coefficient (Wildman–Crippen LogP) is 13.7. The van der Waals surface area contributed by atoms with Crippen LogP contribution in [0.25, 0.3) is 33.1 Å². The highest BCUT2D eigenvalue weighted by Crippen LogP contribution is 2.49. The molecule has 200 valence electrons. The number of hydrogen-bond acceptors (Lipinski definition) is 1. The minimum absolute atomic E-state index is 0.330. The first kappa shape index (κ1) is 28.3. The molecule has 1 heterocycles. The molecule has 1 nitrogen and oxygen atoms in total. The lowest BCUT2D eigenvalue weighted by Gasteiger charge is -2.25. The standard InChI is InChI=1S/C31H14Cl8O/c32-16-10-22(36)30(23(37)11-16)29(31-24(38)12-17(33)13-25(31)39)15-7-20(34)28(21(35)8-15)14-5-6-19-18-3-1-2-4-26(18)40-27(19)9-14/h1-13,29H. The molecule has 0 bridgehead atoms. The molecule has 6 aromatic rings. The van der Waals surface area contributed by atoms with E-state index in [1.165, 1.54) is 0 Å². The van der Waals surface area contributed by atoms with Gasteiger partial charge in [0.05, 0.1) is 10.0 Å². The topological polar surface area (TPSA) is 13.1 Å². The summed E-state index contributed by atoms with van der Waals surface area (Å²) in [6.45, 7) is 0. The molecule has 0 fully saturated rings. The zero-order valence-corrected chi connectivity index (χ0v) is 26.1. The molecule has 0 saturated carbocycles. The molecule has 0 saturated heterocycles. The first-order chi connectivity index (χ1) is 19.1. The average molecular weight is 686 g/mol. The summed E-state index contributed by atoms with van der Waals surface area (Å²) in [5.74, 6) is -0.642. The summed E-state index contributed by atoms with van der Waals surface area (Å²) < 4.78 is 6.08. The van der Waals surface area contributed by atoms with E-state index in [9.17, 15) is 0 Å². The number of fused-ring (bicyclic) bond motifs is 3. The Morgan fingerprint density at radius 1 is 0.475 bits per heavy atom. The zero-order chi connectivity index (χ0) is 28.3. The van der Waals surface area contributed by atoms with Crippen molar-refractivity contribution in [3.63, 3.8) is 0 Å². The zero-order valence-electron chi connectivity index (χ0n) is 20.0. The van der Waals surface area contributed by atoms with Crippen molar-refractivity contribution in [2.45, 2.75) is 5.92 Å². The van der Waals surface area contributed by atoms with Gasteiger partial charge in [0.1, 0.15) is 11.2 Å². The van der Waals surface area contributed by atoms with Gasteiger partial charge in [-0.1, -0.05) is 117 Å². The Morgan fingerprint density at radius 3 is 1.52 bits per heavy atom. The van der Waals surface area contributed by atoms with Gasteiger partial charge < -0.3 is 4.42 Å². The molecule has 0 N–H and O–H groups in total. The lowest BCUT2D eigenvalue weighted by Crippen LogP contribution is -2.08. The quantitative estimate of drug-likeness (QED) is 0.168. The average Bonchev–Trinajstić information content (AvgIpc) is 3.24. The van der Waals surface area contributed by atoms with Gasteiger partial charge >= 0.3 is 0 Å². The van der Waals surface area contributed by atoms with Gasteiger partial charge in [-0.15, -0.1) is 0 Å². The molecule has 0 atom stereocenters. The van der Waals surface area contributed by atoms with Gasteiger partial charge in [-0.2, -0.15) is 0 Å². The summed E-state index contributed by atoms with van der Waals surface area (Å²) in [4.78, 5) is 0. The first-order valence-corrected chi connectivity index (χ1v) is 14.8. The smallest absolute Gasteiger partial charge is 0.136 e. The second-order valence-corrected chi connectivity index (χ2v) is 12.5. The maximum atomic E-state index is 6.94. The van der Waals surface area contributed by atoms with Crippen molar-refractivity contribution in [3.05, 3.63) is 136 Å². The lowest BCUT2D eigenvalue weighted by molar-refractivity contribution is 0.669. The van der Waals surface area contributed by atoms with Crippen molar-refractivity contribution < 1.29 is 4.42 Å². The van der Waals surface area contributed by atoms with Crippen LogP contribution < -0.4 is 0 Å². The molecule has 0 radical (unpaired) electrons. The van der Waals surface area contributed by atoms with Crippen molar-refractivity contribution >= 4 is 115 Å². The molecule has 5 aromatic carbocycles. The number of rotatable bonds is 4. The molecule has 0 amide bonds. The van der Waals surface area contributed by atoms with Crippen LogP contribution in [0, 0.1) is 0 Å². The Kier molecular flexibility index (Phi) is 7.89. The fourth-order valence-corrected chi connectivity index (χ4v) is 7.85. The van der Waals surface area contributed by atoms with Crippen molar-refractivity contribution in [3.8, 4) is 11.1 Å². The Bertz CT molecular complexity index is 1830. The maximum Gasteiger partial charge on any atom is 0.136 e. The molecule has 0 aliphatic heterocycles. The van der Waals surface area contributed by atoms with Gasteiger partial charge in [-0.25, -0.2) is 0 Å². The van der Waals surface area contributed by atoms with E-state index >= 15 is 0 Å². The van der Waals surface area contributed by atoms with Crippen LogP contribution in [0.4, 0.5) is 0 Å². The predicted molar refractivity (Wildman–Crippen MR) is 173 cm³/mol. The molecule has 0 unspecified atom stereocenters. The van der Waals surface area contributed by atoms with Gasteiger partial charge in [-0.3, -0.25) is 0 Å². The van der Waals surface area contributed by atoms with Crippen molar-refractivity contribution in [2.75, 3.05) is 0 Å². The van der Waals surface area contributed by atoms with Crippen molar-refractivity contribution in [2.24, 2.45) is 0 Å². The van der Waals surface area contributed by atoms with Crippen LogP contribution in [0.5, 0.6) is 0 Å². The third-order valence-electron chi connectivity index (χ3n) is 6.73. The second kappa shape index (κ2) is 11.1. The van der Waals surface area contributed by atoms with Gasteiger partial charge in [0.2, 0.25) is 0 Å². The number of furan rings is 1. The molecule has 9 heteroatoms. The Labute approximate surface area is 270 Å². The summed E-state index contributed by atoms with van der Waals surface area (Å²) >= 11 is 53.1. The summed E-state index contributed by atoms with van der Waals surface area (Å²) in [5, 5.41) is 4.95. The summed E-state index contributed by atoms with van der Waals surface area (Å²) in [7, 11) is 0. The SMILES string of the molecule is Clc1cc(Cl)c(C(c2cc(Cl)c(-c3ccc4c(c3)oc3ccccc34)c(Cl)c2)c2c(Cl)cc(Cl)cc2Cl)c(Cl)c1. The van der Waals surface area contributed by atoms with Crippen LogP contribution in [0.1, 0.15) is 22.6 Å². The molecule has 0 aliphatic rings. The molecule has 0 spiro atoms. The fraction of sp³-hybridized carbons (Fsp3) is 0.0323. The van der Waals surface area contributed by atoms with E-state index in [0.29, 0.717) is 62.4 Å². The van der Waals surface area contributed by atoms with Crippen LogP contribution in [0.15, 0.2) is 83.3 Å². The van der Waals surface area contributed by atoms with E-state index in [1.807, 2.05) is 42.5 Å². The van der Waals surface area contributed by atoms with Crippen LogP contribution in [0.2, 0.25) is 40.2 Å². The van der Waals surface area contributed by atoms with Crippen LogP contribution in [0.3, 0.4) is 0 Å². The third-order valence-corrected chi connectivity index (χ3v) is 9.01. The highest BCUT2D eigenvalue weighted by atomic mass is 35.5. The van der Waals surface area contributed by atoms with Crippen molar-refractivity contribution in [1.82, 2.24) is 0 Å². The van der Waals surface area contributed by atoms with Gasteiger partial charge in [-0.05, 0) is 65.7 Å². The monoisotopic (exact) mass is 682 g/mol. The Morgan fingerprint density at radius 2 is 0.975 bits per heavy atom. The van der Waals surface area contributed by atoms with Gasteiger partial charge in [0.25, 0.3) is 0 Å². The number of halogens is 8. The second-order valence-electron chi connectivity index (χ2n) is 9.17. The Balaban J connectivity index is 1.55. The Hall–Kier alpha value is -1.78.